The molecule has 6 heteroatoms. The minimum Gasteiger partial charge on any atom is -0.454 e. The molecule has 0 saturated heterocycles. The van der Waals surface area contributed by atoms with Crippen molar-refractivity contribution in [2.24, 2.45) is 0 Å². The van der Waals surface area contributed by atoms with Crippen molar-refractivity contribution < 1.29 is 14.3 Å². The number of anilines is 1. The summed E-state index contributed by atoms with van der Waals surface area (Å²) in [5.41, 5.74) is 5.19. The van der Waals surface area contributed by atoms with Crippen LogP contribution in [0.5, 0.6) is 11.5 Å². The van der Waals surface area contributed by atoms with Crippen LogP contribution in [0.2, 0.25) is 0 Å². The lowest BCUT2D eigenvalue weighted by Crippen LogP contribution is -2.07. The second-order valence-corrected chi connectivity index (χ2v) is 7.15. The molecular formula is C21H18N2O3S. The molecule has 4 rings (SSSR count). The minimum atomic E-state index is -0.228. The van der Waals surface area contributed by atoms with Crippen LogP contribution in [0.25, 0.3) is 17.3 Å². The number of carbonyl (C=O) groups is 1. The quantitative estimate of drug-likeness (QED) is 0.662. The van der Waals surface area contributed by atoms with Crippen molar-refractivity contribution >= 4 is 28.5 Å². The highest BCUT2D eigenvalue weighted by atomic mass is 32.1. The molecule has 1 aliphatic heterocycles. The topological polar surface area (TPSA) is 60.5 Å². The molecule has 0 radical (unpaired) electrons. The van der Waals surface area contributed by atoms with E-state index in [-0.39, 0.29) is 12.7 Å². The van der Waals surface area contributed by atoms with E-state index in [4.69, 9.17) is 9.47 Å². The Bertz CT molecular complexity index is 1040. The summed E-state index contributed by atoms with van der Waals surface area (Å²) in [5.74, 6) is 1.18. The van der Waals surface area contributed by atoms with Crippen LogP contribution < -0.4 is 14.8 Å². The normalized spacial score (nSPS) is 12.5. The SMILES string of the molecule is Cc1ccc(-c2csc(NC(=O)C=Cc3ccc4c(c3)OCO4)n2)c(C)c1. The van der Waals surface area contributed by atoms with Crippen molar-refractivity contribution in [3.63, 3.8) is 0 Å². The van der Waals surface area contributed by atoms with Gasteiger partial charge in [0, 0.05) is 17.0 Å². The monoisotopic (exact) mass is 378 g/mol. The summed E-state index contributed by atoms with van der Waals surface area (Å²) in [6.07, 6.45) is 3.21. The molecule has 0 bridgehead atoms. The Kier molecular flexibility index (Phi) is 4.64. The minimum absolute atomic E-state index is 0.228. The van der Waals surface area contributed by atoms with E-state index in [1.54, 1.807) is 6.08 Å². The zero-order valence-corrected chi connectivity index (χ0v) is 15.8. The van der Waals surface area contributed by atoms with Crippen molar-refractivity contribution in [2.45, 2.75) is 13.8 Å². The first-order chi connectivity index (χ1) is 13.1. The van der Waals surface area contributed by atoms with E-state index in [1.807, 2.05) is 23.6 Å². The predicted octanol–water partition coefficient (Wildman–Crippen LogP) is 4.81. The molecule has 3 aromatic rings. The van der Waals surface area contributed by atoms with E-state index >= 15 is 0 Å². The fourth-order valence-corrected chi connectivity index (χ4v) is 3.61. The van der Waals surface area contributed by atoms with Crippen LogP contribution in [0.1, 0.15) is 16.7 Å². The van der Waals surface area contributed by atoms with Gasteiger partial charge in [-0.1, -0.05) is 29.8 Å². The summed E-state index contributed by atoms with van der Waals surface area (Å²) in [5, 5.41) is 5.34. The third-order valence-corrected chi connectivity index (χ3v) is 4.97. The maximum Gasteiger partial charge on any atom is 0.250 e. The summed E-state index contributed by atoms with van der Waals surface area (Å²) in [6.45, 7) is 4.36. The Hall–Kier alpha value is -3.12. The molecule has 0 fully saturated rings. The Labute approximate surface area is 161 Å². The third kappa shape index (κ3) is 3.85. The summed E-state index contributed by atoms with van der Waals surface area (Å²) >= 11 is 1.41. The molecule has 136 valence electrons. The average molecular weight is 378 g/mol. The number of amides is 1. The molecule has 2 aromatic carbocycles. The first kappa shape index (κ1) is 17.3. The lowest BCUT2D eigenvalue weighted by molar-refractivity contribution is -0.111. The van der Waals surface area contributed by atoms with Gasteiger partial charge in [-0.15, -0.1) is 11.3 Å². The Morgan fingerprint density at radius 3 is 2.85 bits per heavy atom. The number of aromatic nitrogens is 1. The van der Waals surface area contributed by atoms with E-state index in [2.05, 4.69) is 42.3 Å². The molecule has 5 nitrogen and oxygen atoms in total. The van der Waals surface area contributed by atoms with Gasteiger partial charge in [-0.3, -0.25) is 10.1 Å². The average Bonchev–Trinajstić information content (AvgIpc) is 3.29. The van der Waals surface area contributed by atoms with E-state index in [0.717, 1.165) is 22.6 Å². The van der Waals surface area contributed by atoms with Crippen molar-refractivity contribution in [3.05, 3.63) is 64.5 Å². The number of ether oxygens (including phenoxy) is 2. The third-order valence-electron chi connectivity index (χ3n) is 4.22. The number of carbonyl (C=O) groups excluding carboxylic acids is 1. The highest BCUT2D eigenvalue weighted by Gasteiger charge is 2.12. The molecule has 0 saturated carbocycles. The van der Waals surface area contributed by atoms with Crippen LogP contribution >= 0.6 is 11.3 Å². The summed E-state index contributed by atoms with van der Waals surface area (Å²) < 4.78 is 10.6. The van der Waals surface area contributed by atoms with Gasteiger partial charge in [0.15, 0.2) is 16.6 Å². The number of thiazole rings is 1. The molecule has 0 spiro atoms. The van der Waals surface area contributed by atoms with E-state index in [1.165, 1.54) is 28.5 Å². The smallest absolute Gasteiger partial charge is 0.250 e. The molecule has 2 heterocycles. The molecule has 1 amide bonds. The number of nitrogens with one attached hydrogen (secondary N) is 1. The lowest BCUT2D eigenvalue weighted by atomic mass is 10.0. The summed E-state index contributed by atoms with van der Waals surface area (Å²) in [6, 6.07) is 11.8. The van der Waals surface area contributed by atoms with Gasteiger partial charge in [-0.25, -0.2) is 4.98 Å². The second-order valence-electron chi connectivity index (χ2n) is 6.29. The van der Waals surface area contributed by atoms with Gasteiger partial charge in [-0.05, 0) is 43.2 Å². The van der Waals surface area contributed by atoms with Gasteiger partial charge in [-0.2, -0.15) is 0 Å². The van der Waals surface area contributed by atoms with Crippen LogP contribution in [0.3, 0.4) is 0 Å². The fourth-order valence-electron chi connectivity index (χ4n) is 2.89. The standard InChI is InChI=1S/C21H18N2O3S/c1-13-3-6-16(14(2)9-13)17-11-27-21(22-17)23-20(24)8-5-15-4-7-18-19(10-15)26-12-25-18/h3-11H,12H2,1-2H3,(H,22,23,24). The van der Waals surface area contributed by atoms with Gasteiger partial charge >= 0.3 is 0 Å². The summed E-state index contributed by atoms with van der Waals surface area (Å²) in [7, 11) is 0. The number of hydrogen-bond donors (Lipinski definition) is 1. The van der Waals surface area contributed by atoms with Crippen molar-refractivity contribution in [1.29, 1.82) is 0 Å². The maximum atomic E-state index is 12.2. The van der Waals surface area contributed by atoms with Gasteiger partial charge in [0.25, 0.3) is 0 Å². The highest BCUT2D eigenvalue weighted by Crippen LogP contribution is 2.33. The molecular weight excluding hydrogens is 360 g/mol. The fraction of sp³-hybridized carbons (Fsp3) is 0.143. The molecule has 0 aliphatic carbocycles. The molecule has 1 N–H and O–H groups in total. The lowest BCUT2D eigenvalue weighted by Gasteiger charge is -2.03. The number of hydrogen-bond acceptors (Lipinski definition) is 5. The highest BCUT2D eigenvalue weighted by molar-refractivity contribution is 7.14. The van der Waals surface area contributed by atoms with Gasteiger partial charge < -0.3 is 9.47 Å². The largest absolute Gasteiger partial charge is 0.454 e. The van der Waals surface area contributed by atoms with Crippen molar-refractivity contribution in [1.82, 2.24) is 4.98 Å². The molecule has 1 aromatic heterocycles. The summed E-state index contributed by atoms with van der Waals surface area (Å²) in [4.78, 5) is 16.7. The zero-order valence-electron chi connectivity index (χ0n) is 15.0. The Morgan fingerprint density at radius 2 is 2.00 bits per heavy atom. The van der Waals surface area contributed by atoms with Crippen molar-refractivity contribution in [2.75, 3.05) is 12.1 Å². The van der Waals surface area contributed by atoms with E-state index in [9.17, 15) is 4.79 Å². The van der Waals surface area contributed by atoms with Gasteiger partial charge in [0.05, 0.1) is 5.69 Å². The molecule has 0 atom stereocenters. The molecule has 0 unspecified atom stereocenters. The van der Waals surface area contributed by atoms with E-state index < -0.39 is 0 Å². The van der Waals surface area contributed by atoms with Crippen molar-refractivity contribution in [3.8, 4) is 22.8 Å². The van der Waals surface area contributed by atoms with Crippen LogP contribution in [-0.2, 0) is 4.79 Å². The first-order valence-corrected chi connectivity index (χ1v) is 9.38. The first-order valence-electron chi connectivity index (χ1n) is 8.50. The number of fused-ring (bicyclic) bond motifs is 1. The predicted molar refractivity (Wildman–Crippen MR) is 107 cm³/mol. The number of aryl methyl sites for hydroxylation is 2. The Morgan fingerprint density at radius 1 is 1.15 bits per heavy atom. The van der Waals surface area contributed by atoms with Gasteiger partial charge in [0.2, 0.25) is 12.7 Å². The maximum absolute atomic E-state index is 12.2. The van der Waals surface area contributed by atoms with E-state index in [0.29, 0.717) is 10.9 Å². The van der Waals surface area contributed by atoms with Gasteiger partial charge in [0.1, 0.15) is 0 Å². The zero-order chi connectivity index (χ0) is 18.8. The second kappa shape index (κ2) is 7.25. The van der Waals surface area contributed by atoms with Crippen LogP contribution in [0, 0.1) is 13.8 Å². The molecule has 27 heavy (non-hydrogen) atoms. The number of rotatable bonds is 4. The van der Waals surface area contributed by atoms with Crippen LogP contribution in [-0.4, -0.2) is 17.7 Å². The number of benzene rings is 2. The number of nitrogens with zero attached hydrogens (tertiary/aromatic N) is 1. The molecule has 1 aliphatic rings. The Balaban J connectivity index is 1.43. The van der Waals surface area contributed by atoms with Crippen LogP contribution in [0.4, 0.5) is 5.13 Å². The van der Waals surface area contributed by atoms with Crippen LogP contribution in [0.15, 0.2) is 47.9 Å².